The number of benzene rings is 2. The van der Waals surface area contributed by atoms with Gasteiger partial charge in [-0.3, -0.25) is 0 Å². The van der Waals surface area contributed by atoms with Gasteiger partial charge in [-0.05, 0) is 48.4 Å². The van der Waals surface area contributed by atoms with Crippen molar-refractivity contribution >= 4 is 0 Å². The molecule has 1 aliphatic rings. The Morgan fingerprint density at radius 3 is 2.23 bits per heavy atom. The molecule has 2 atom stereocenters. The maximum absolute atomic E-state index is 14.6. The lowest BCUT2D eigenvalue weighted by atomic mass is 9.88. The highest BCUT2D eigenvalue weighted by Gasteiger charge is 2.28. The van der Waals surface area contributed by atoms with Gasteiger partial charge in [-0.2, -0.15) is 4.39 Å². The van der Waals surface area contributed by atoms with Gasteiger partial charge in [0.05, 0.1) is 12.7 Å². The third-order valence-electron chi connectivity index (χ3n) is 5.85. The SMILES string of the molecule is CCCc1ccc(Cc2cc(C3CCC(CCC)OC3)c(F)c(F)c2O)c(F)c1F. The van der Waals surface area contributed by atoms with E-state index in [1.165, 1.54) is 18.2 Å². The Balaban J connectivity index is 1.89. The minimum atomic E-state index is -1.36. The molecule has 1 aliphatic heterocycles. The molecule has 2 nitrogen and oxygen atoms in total. The lowest BCUT2D eigenvalue weighted by Gasteiger charge is -2.30. The summed E-state index contributed by atoms with van der Waals surface area (Å²) < 4.78 is 63.5. The second-order valence-electron chi connectivity index (χ2n) is 8.06. The molecule has 2 aromatic rings. The molecule has 0 bridgehead atoms. The van der Waals surface area contributed by atoms with Gasteiger partial charge in [-0.25, -0.2) is 13.2 Å². The van der Waals surface area contributed by atoms with Crippen LogP contribution in [0.25, 0.3) is 0 Å². The predicted molar refractivity (Wildman–Crippen MR) is 108 cm³/mol. The second-order valence-corrected chi connectivity index (χ2v) is 8.06. The summed E-state index contributed by atoms with van der Waals surface area (Å²) in [6, 6.07) is 4.29. The van der Waals surface area contributed by atoms with Crippen LogP contribution in [-0.2, 0) is 17.6 Å². The third kappa shape index (κ3) is 4.64. The Kier molecular flexibility index (Phi) is 7.40. The van der Waals surface area contributed by atoms with Crippen molar-refractivity contribution in [2.24, 2.45) is 0 Å². The van der Waals surface area contributed by atoms with Crippen LogP contribution in [0.1, 0.15) is 74.1 Å². The van der Waals surface area contributed by atoms with E-state index in [1.54, 1.807) is 0 Å². The van der Waals surface area contributed by atoms with Crippen LogP contribution in [0.2, 0.25) is 0 Å². The van der Waals surface area contributed by atoms with Crippen molar-refractivity contribution in [3.8, 4) is 5.75 Å². The van der Waals surface area contributed by atoms with Gasteiger partial charge in [-0.15, -0.1) is 0 Å². The zero-order valence-corrected chi connectivity index (χ0v) is 17.4. The molecule has 0 aromatic heterocycles. The van der Waals surface area contributed by atoms with Gasteiger partial charge < -0.3 is 9.84 Å². The molecule has 2 aromatic carbocycles. The molecule has 1 heterocycles. The fraction of sp³-hybridized carbons (Fsp3) is 0.500. The maximum atomic E-state index is 14.6. The Hall–Kier alpha value is -2.08. The zero-order chi connectivity index (χ0) is 21.8. The number of aromatic hydroxyl groups is 1. The molecule has 0 saturated carbocycles. The summed E-state index contributed by atoms with van der Waals surface area (Å²) in [7, 11) is 0. The summed E-state index contributed by atoms with van der Waals surface area (Å²) in [5.41, 5.74) is 0.400. The molecule has 1 fully saturated rings. The van der Waals surface area contributed by atoms with Gasteiger partial charge in [0.25, 0.3) is 0 Å². The first-order chi connectivity index (χ1) is 14.4. The van der Waals surface area contributed by atoms with E-state index in [2.05, 4.69) is 6.92 Å². The van der Waals surface area contributed by atoms with Crippen LogP contribution in [0.5, 0.6) is 5.75 Å². The van der Waals surface area contributed by atoms with Crippen LogP contribution >= 0.6 is 0 Å². The maximum Gasteiger partial charge on any atom is 0.200 e. The van der Waals surface area contributed by atoms with E-state index in [0.29, 0.717) is 19.3 Å². The smallest absolute Gasteiger partial charge is 0.200 e. The summed E-state index contributed by atoms with van der Waals surface area (Å²) in [5.74, 6) is -5.63. The van der Waals surface area contributed by atoms with E-state index in [9.17, 15) is 22.7 Å². The molecule has 2 unspecified atom stereocenters. The Morgan fingerprint density at radius 1 is 0.900 bits per heavy atom. The van der Waals surface area contributed by atoms with Crippen molar-refractivity contribution in [3.05, 3.63) is 63.7 Å². The highest BCUT2D eigenvalue weighted by Crippen LogP contribution is 2.37. The van der Waals surface area contributed by atoms with Crippen molar-refractivity contribution in [3.63, 3.8) is 0 Å². The Morgan fingerprint density at radius 2 is 1.60 bits per heavy atom. The zero-order valence-electron chi connectivity index (χ0n) is 17.4. The fourth-order valence-electron chi connectivity index (χ4n) is 4.16. The first kappa shape index (κ1) is 22.6. The minimum Gasteiger partial charge on any atom is -0.505 e. The molecule has 0 amide bonds. The summed E-state index contributed by atoms with van der Waals surface area (Å²) in [4.78, 5) is 0. The van der Waals surface area contributed by atoms with Crippen LogP contribution in [0.4, 0.5) is 17.6 Å². The third-order valence-corrected chi connectivity index (χ3v) is 5.85. The van der Waals surface area contributed by atoms with E-state index in [-0.39, 0.29) is 47.3 Å². The predicted octanol–water partition coefficient (Wildman–Crippen LogP) is 6.55. The second kappa shape index (κ2) is 9.82. The molecule has 0 spiro atoms. The number of rotatable bonds is 7. The molecule has 3 rings (SSSR count). The molecule has 1 N–H and O–H groups in total. The molecule has 0 aliphatic carbocycles. The topological polar surface area (TPSA) is 29.5 Å². The largest absolute Gasteiger partial charge is 0.505 e. The van der Waals surface area contributed by atoms with Crippen LogP contribution in [0, 0.1) is 23.3 Å². The van der Waals surface area contributed by atoms with Crippen molar-refractivity contribution in [2.75, 3.05) is 6.61 Å². The summed E-state index contributed by atoms with van der Waals surface area (Å²) in [6.45, 7) is 4.19. The number of hydrogen-bond donors (Lipinski definition) is 1. The van der Waals surface area contributed by atoms with Crippen LogP contribution < -0.4 is 0 Å². The molecule has 30 heavy (non-hydrogen) atoms. The lowest BCUT2D eigenvalue weighted by molar-refractivity contribution is -0.00185. The quantitative estimate of drug-likeness (QED) is 0.511. The van der Waals surface area contributed by atoms with Crippen LogP contribution in [-0.4, -0.2) is 17.8 Å². The first-order valence-corrected chi connectivity index (χ1v) is 10.6. The van der Waals surface area contributed by atoms with E-state index in [1.807, 2.05) is 6.92 Å². The molecule has 6 heteroatoms. The van der Waals surface area contributed by atoms with Gasteiger partial charge in [0.1, 0.15) is 0 Å². The van der Waals surface area contributed by atoms with Crippen molar-refractivity contribution in [1.82, 2.24) is 0 Å². The van der Waals surface area contributed by atoms with E-state index in [0.717, 1.165) is 19.3 Å². The van der Waals surface area contributed by atoms with E-state index >= 15 is 0 Å². The monoisotopic (exact) mass is 424 g/mol. The van der Waals surface area contributed by atoms with Crippen LogP contribution in [0.15, 0.2) is 18.2 Å². The summed E-state index contributed by atoms with van der Waals surface area (Å²) in [6.07, 6.45) is 4.25. The molecular weight excluding hydrogens is 396 g/mol. The number of halogens is 4. The standard InChI is InChI=1S/C24H28F4O2/c1-3-5-14-7-8-15(21(26)20(14)25)11-17-12-19(22(27)23(28)24(17)29)16-9-10-18(6-4-2)30-13-16/h7-8,12,16,18,29H,3-6,9-11,13H2,1-2H3. The highest BCUT2D eigenvalue weighted by atomic mass is 19.2. The number of ether oxygens (including phenoxy) is 1. The van der Waals surface area contributed by atoms with Crippen molar-refractivity contribution in [1.29, 1.82) is 0 Å². The number of phenolic OH excluding ortho intramolecular Hbond substituents is 1. The molecule has 1 saturated heterocycles. The Labute approximate surface area is 174 Å². The van der Waals surface area contributed by atoms with Gasteiger partial charge in [0.15, 0.2) is 23.2 Å². The summed E-state index contributed by atoms with van der Waals surface area (Å²) in [5, 5.41) is 10.1. The molecule has 0 radical (unpaired) electrons. The van der Waals surface area contributed by atoms with Gasteiger partial charge in [0.2, 0.25) is 5.82 Å². The van der Waals surface area contributed by atoms with Gasteiger partial charge in [-0.1, -0.05) is 38.8 Å². The van der Waals surface area contributed by atoms with E-state index in [4.69, 9.17) is 4.74 Å². The fourth-order valence-corrected chi connectivity index (χ4v) is 4.16. The van der Waals surface area contributed by atoms with Gasteiger partial charge >= 0.3 is 0 Å². The minimum absolute atomic E-state index is 0.0116. The highest BCUT2D eigenvalue weighted by molar-refractivity contribution is 5.44. The van der Waals surface area contributed by atoms with E-state index < -0.39 is 29.0 Å². The van der Waals surface area contributed by atoms with Gasteiger partial charge in [0, 0.05) is 17.9 Å². The number of phenols is 1. The number of aryl methyl sites for hydroxylation is 1. The average molecular weight is 424 g/mol. The van der Waals surface area contributed by atoms with Crippen molar-refractivity contribution < 1.29 is 27.4 Å². The average Bonchev–Trinajstić information content (AvgIpc) is 2.74. The Bertz CT molecular complexity index is 890. The number of hydrogen-bond acceptors (Lipinski definition) is 2. The van der Waals surface area contributed by atoms with Crippen LogP contribution in [0.3, 0.4) is 0 Å². The normalized spacial score (nSPS) is 19.3. The first-order valence-electron chi connectivity index (χ1n) is 10.6. The summed E-state index contributed by atoms with van der Waals surface area (Å²) >= 11 is 0. The molecular formula is C24H28F4O2. The lowest BCUT2D eigenvalue weighted by Crippen LogP contribution is -2.25. The molecule has 164 valence electrons. The van der Waals surface area contributed by atoms with Crippen molar-refractivity contribution in [2.45, 2.75) is 70.8 Å².